The van der Waals surface area contributed by atoms with Gasteiger partial charge >= 0.3 is 5.97 Å². The Morgan fingerprint density at radius 3 is 2.67 bits per heavy atom. The summed E-state index contributed by atoms with van der Waals surface area (Å²) in [5.74, 6) is -0.243. The molecule has 1 aromatic heterocycles. The van der Waals surface area contributed by atoms with Crippen molar-refractivity contribution < 1.29 is 23.8 Å². The van der Waals surface area contributed by atoms with Crippen LogP contribution in [0.5, 0.6) is 11.7 Å². The fourth-order valence-electron chi connectivity index (χ4n) is 2.85. The molecule has 3 rings (SSSR count). The number of para-hydroxylation sites is 1. The summed E-state index contributed by atoms with van der Waals surface area (Å²) >= 11 is 0. The topological polar surface area (TPSA) is 80.0 Å². The zero-order valence-corrected chi connectivity index (χ0v) is 13.3. The van der Waals surface area contributed by atoms with Gasteiger partial charge in [0.05, 0.1) is 0 Å². The first kappa shape index (κ1) is 16.1. The molecule has 2 aromatic rings. The van der Waals surface area contributed by atoms with E-state index in [0.717, 1.165) is 6.42 Å². The first-order valence-electron chi connectivity index (χ1n) is 7.91. The van der Waals surface area contributed by atoms with E-state index in [4.69, 9.17) is 9.15 Å². The quantitative estimate of drug-likeness (QED) is 0.930. The van der Waals surface area contributed by atoms with Crippen molar-refractivity contribution in [3.63, 3.8) is 0 Å². The van der Waals surface area contributed by atoms with Crippen molar-refractivity contribution in [3.8, 4) is 11.7 Å². The van der Waals surface area contributed by atoms with E-state index in [1.54, 1.807) is 18.2 Å². The maximum atomic E-state index is 12.6. The lowest BCUT2D eigenvalue weighted by Gasteiger charge is -2.35. The number of ether oxygens (including phenoxy) is 1. The van der Waals surface area contributed by atoms with Gasteiger partial charge in [-0.25, -0.2) is 4.79 Å². The predicted molar refractivity (Wildman–Crippen MR) is 86.1 cm³/mol. The number of carboxylic acids is 1. The number of furan rings is 1. The lowest BCUT2D eigenvalue weighted by Crippen LogP contribution is -2.49. The molecular weight excluding hydrogens is 310 g/mol. The maximum Gasteiger partial charge on any atom is 0.326 e. The Hall–Kier alpha value is -2.76. The summed E-state index contributed by atoms with van der Waals surface area (Å²) in [4.78, 5) is 25.4. The van der Waals surface area contributed by atoms with E-state index in [1.165, 1.54) is 11.0 Å². The number of carbonyl (C=O) groups excluding carboxylic acids is 1. The Morgan fingerprint density at radius 1 is 1.21 bits per heavy atom. The number of piperidine rings is 1. The Morgan fingerprint density at radius 2 is 1.96 bits per heavy atom. The molecule has 1 aromatic carbocycles. The van der Waals surface area contributed by atoms with Gasteiger partial charge in [0.1, 0.15) is 11.8 Å². The highest BCUT2D eigenvalue weighted by atomic mass is 16.6. The van der Waals surface area contributed by atoms with Gasteiger partial charge < -0.3 is 19.2 Å². The van der Waals surface area contributed by atoms with E-state index in [1.807, 2.05) is 25.1 Å². The number of likely N-dealkylation sites (tertiary alicyclic amines) is 1. The molecule has 0 aliphatic carbocycles. The van der Waals surface area contributed by atoms with Crippen molar-refractivity contribution in [1.29, 1.82) is 0 Å². The van der Waals surface area contributed by atoms with Crippen LogP contribution in [-0.4, -0.2) is 34.5 Å². The third-order valence-corrected chi connectivity index (χ3v) is 4.16. The highest BCUT2D eigenvalue weighted by Gasteiger charge is 2.36. The van der Waals surface area contributed by atoms with Gasteiger partial charge in [-0.3, -0.25) is 4.79 Å². The fraction of sp³-hybridized carbons (Fsp3) is 0.333. The van der Waals surface area contributed by atoms with Gasteiger partial charge in [-0.1, -0.05) is 25.1 Å². The highest BCUT2D eigenvalue weighted by molar-refractivity contribution is 5.94. The zero-order chi connectivity index (χ0) is 17.1. The summed E-state index contributed by atoms with van der Waals surface area (Å²) in [7, 11) is 0. The molecule has 1 amide bonds. The van der Waals surface area contributed by atoms with Crippen LogP contribution < -0.4 is 4.74 Å². The van der Waals surface area contributed by atoms with Crippen LogP contribution >= 0.6 is 0 Å². The molecule has 2 atom stereocenters. The zero-order valence-electron chi connectivity index (χ0n) is 13.3. The van der Waals surface area contributed by atoms with E-state index in [-0.39, 0.29) is 17.6 Å². The minimum absolute atomic E-state index is 0.0849. The Bertz CT molecular complexity index is 724. The van der Waals surface area contributed by atoms with E-state index in [2.05, 4.69) is 0 Å². The second-order valence-electron chi connectivity index (χ2n) is 6.02. The number of nitrogens with zero attached hydrogens (tertiary/aromatic N) is 1. The summed E-state index contributed by atoms with van der Waals surface area (Å²) in [6.07, 6.45) is 1.23. The molecule has 0 saturated carbocycles. The summed E-state index contributed by atoms with van der Waals surface area (Å²) in [5.41, 5.74) is 0. The lowest BCUT2D eigenvalue weighted by molar-refractivity contribution is -0.144. The minimum atomic E-state index is -0.984. The number of aliphatic carboxylic acids is 1. The Balaban J connectivity index is 1.74. The van der Waals surface area contributed by atoms with Gasteiger partial charge in [0.25, 0.3) is 11.9 Å². The van der Waals surface area contributed by atoms with Gasteiger partial charge in [0.15, 0.2) is 5.76 Å². The molecule has 6 heteroatoms. The molecule has 0 radical (unpaired) electrons. The van der Waals surface area contributed by atoms with Crippen LogP contribution in [0.3, 0.4) is 0 Å². The lowest BCUT2D eigenvalue weighted by atomic mass is 9.92. The van der Waals surface area contributed by atoms with Crippen molar-refractivity contribution in [2.24, 2.45) is 5.92 Å². The summed E-state index contributed by atoms with van der Waals surface area (Å²) in [6.45, 7) is 2.41. The number of benzene rings is 1. The van der Waals surface area contributed by atoms with E-state index in [9.17, 15) is 14.7 Å². The molecule has 0 spiro atoms. The molecule has 1 aliphatic rings. The molecule has 1 N–H and O–H groups in total. The van der Waals surface area contributed by atoms with Crippen molar-refractivity contribution in [3.05, 3.63) is 48.2 Å². The second kappa shape index (κ2) is 6.78. The largest absolute Gasteiger partial charge is 0.480 e. The number of hydrogen-bond donors (Lipinski definition) is 1. The Kier molecular flexibility index (Phi) is 4.55. The normalized spacial score (nSPS) is 20.6. The van der Waals surface area contributed by atoms with Crippen LogP contribution in [0, 0.1) is 5.92 Å². The highest BCUT2D eigenvalue weighted by Crippen LogP contribution is 2.27. The number of amides is 1. The summed E-state index contributed by atoms with van der Waals surface area (Å²) in [5, 5.41) is 9.37. The average molecular weight is 329 g/mol. The third-order valence-electron chi connectivity index (χ3n) is 4.16. The third kappa shape index (κ3) is 3.42. The van der Waals surface area contributed by atoms with E-state index in [0.29, 0.717) is 18.7 Å². The van der Waals surface area contributed by atoms with E-state index >= 15 is 0 Å². The molecule has 2 unspecified atom stereocenters. The smallest absolute Gasteiger partial charge is 0.326 e. The first-order valence-corrected chi connectivity index (χ1v) is 7.91. The molecule has 0 bridgehead atoms. The van der Waals surface area contributed by atoms with Gasteiger partial charge in [-0.2, -0.15) is 0 Å². The van der Waals surface area contributed by atoms with Crippen LogP contribution in [0.4, 0.5) is 0 Å². The molecule has 1 aliphatic heterocycles. The molecule has 1 saturated heterocycles. The van der Waals surface area contributed by atoms with Crippen LogP contribution in [-0.2, 0) is 4.79 Å². The van der Waals surface area contributed by atoms with Crippen LogP contribution in [0.15, 0.2) is 46.9 Å². The van der Waals surface area contributed by atoms with Gasteiger partial charge in [0, 0.05) is 12.6 Å². The van der Waals surface area contributed by atoms with Crippen LogP contribution in [0.2, 0.25) is 0 Å². The van der Waals surface area contributed by atoms with Crippen LogP contribution in [0.25, 0.3) is 0 Å². The second-order valence-corrected chi connectivity index (χ2v) is 6.02. The molecular formula is C18H19NO5. The first-order chi connectivity index (χ1) is 11.5. The predicted octanol–water partition coefficient (Wildman–Crippen LogP) is 3.40. The number of carbonyl (C=O) groups is 2. The standard InChI is InChI=1S/C18H19NO5/c1-12-9-10-19(14(11-12)18(21)22)17(20)15-7-8-16(24-15)23-13-5-3-2-4-6-13/h2-8,12,14H,9-11H2,1H3,(H,21,22). The summed E-state index contributed by atoms with van der Waals surface area (Å²) < 4.78 is 11.0. The van der Waals surface area contributed by atoms with Crippen LogP contribution in [0.1, 0.15) is 30.3 Å². The van der Waals surface area contributed by atoms with E-state index < -0.39 is 17.9 Å². The number of rotatable bonds is 4. The number of carboxylic acid groups (broad SMARTS) is 1. The summed E-state index contributed by atoms with van der Waals surface area (Å²) in [6, 6.07) is 11.3. The average Bonchev–Trinajstić information content (AvgIpc) is 3.03. The molecule has 1 fully saturated rings. The Labute approximate surface area is 139 Å². The fourth-order valence-corrected chi connectivity index (χ4v) is 2.85. The molecule has 6 nitrogen and oxygen atoms in total. The van der Waals surface area contributed by atoms with Crippen molar-refractivity contribution in [2.75, 3.05) is 6.54 Å². The molecule has 24 heavy (non-hydrogen) atoms. The van der Waals surface area contributed by atoms with Crippen molar-refractivity contribution >= 4 is 11.9 Å². The SMILES string of the molecule is CC1CCN(C(=O)c2ccc(Oc3ccccc3)o2)C(C(=O)O)C1. The van der Waals surface area contributed by atoms with Crippen molar-refractivity contribution in [2.45, 2.75) is 25.8 Å². The maximum absolute atomic E-state index is 12.6. The van der Waals surface area contributed by atoms with Gasteiger partial charge in [0.2, 0.25) is 0 Å². The monoisotopic (exact) mass is 329 g/mol. The van der Waals surface area contributed by atoms with Gasteiger partial charge in [-0.05, 0) is 37.0 Å². The molecule has 2 heterocycles. The minimum Gasteiger partial charge on any atom is -0.480 e. The molecule has 126 valence electrons. The number of hydrogen-bond acceptors (Lipinski definition) is 4. The van der Waals surface area contributed by atoms with Gasteiger partial charge in [-0.15, -0.1) is 0 Å². The van der Waals surface area contributed by atoms with Crippen molar-refractivity contribution in [1.82, 2.24) is 4.90 Å².